The third kappa shape index (κ3) is 2.50. The minimum Gasteiger partial charge on any atom is -0.382 e. The Bertz CT molecular complexity index is 636. The highest BCUT2D eigenvalue weighted by molar-refractivity contribution is 5.93. The van der Waals surface area contributed by atoms with Crippen molar-refractivity contribution in [3.63, 3.8) is 0 Å². The third-order valence-corrected chi connectivity index (χ3v) is 3.69. The Morgan fingerprint density at radius 3 is 2.70 bits per heavy atom. The normalized spacial score (nSPS) is 14.5. The largest absolute Gasteiger partial charge is 0.382 e. The zero-order valence-electron chi connectivity index (χ0n) is 11.3. The number of hydrogen-bond donors (Lipinski definition) is 2. The molecule has 1 aliphatic heterocycles. The van der Waals surface area contributed by atoms with Crippen LogP contribution in [0.15, 0.2) is 42.5 Å². The van der Waals surface area contributed by atoms with Gasteiger partial charge in [0.1, 0.15) is 17.3 Å². The van der Waals surface area contributed by atoms with Crippen molar-refractivity contribution in [3.8, 4) is 0 Å². The molecule has 0 unspecified atom stereocenters. The van der Waals surface area contributed by atoms with E-state index < -0.39 is 0 Å². The minimum absolute atomic E-state index is 0.0158. The second-order valence-corrected chi connectivity index (χ2v) is 5.09. The van der Waals surface area contributed by atoms with Gasteiger partial charge in [-0.3, -0.25) is 5.41 Å². The topological polar surface area (TPSA) is 66.0 Å². The van der Waals surface area contributed by atoms with Gasteiger partial charge in [0, 0.05) is 13.1 Å². The molecule has 1 aromatic carbocycles. The fraction of sp³-hybridized carbons (Fsp3) is 0.250. The Kier molecular flexibility index (Phi) is 3.37. The first kappa shape index (κ1) is 12.7. The molecule has 2 heterocycles. The first-order valence-electron chi connectivity index (χ1n) is 6.87. The standard InChI is InChI=1S/C16H18N4/c17-16(18)14-8-3-9-15(19-14)20-10-4-7-12-5-1-2-6-13(12)11-20/h1-3,5-6,8-9H,4,7,10-11H2,(H3,17,18). The molecule has 3 rings (SSSR count). The second kappa shape index (κ2) is 5.33. The Balaban J connectivity index is 1.91. The number of anilines is 1. The first-order valence-corrected chi connectivity index (χ1v) is 6.87. The average molecular weight is 266 g/mol. The van der Waals surface area contributed by atoms with E-state index in [1.165, 1.54) is 11.1 Å². The van der Waals surface area contributed by atoms with Gasteiger partial charge in [0.2, 0.25) is 0 Å². The van der Waals surface area contributed by atoms with Gasteiger partial charge in [-0.25, -0.2) is 4.98 Å². The molecule has 1 aromatic heterocycles. The summed E-state index contributed by atoms with van der Waals surface area (Å²) in [5, 5.41) is 7.50. The number of benzene rings is 1. The number of nitrogens with zero attached hydrogens (tertiary/aromatic N) is 2. The summed E-state index contributed by atoms with van der Waals surface area (Å²) in [6.07, 6.45) is 2.22. The van der Waals surface area contributed by atoms with Crippen LogP contribution in [0.4, 0.5) is 5.82 Å². The van der Waals surface area contributed by atoms with Crippen LogP contribution in [0.3, 0.4) is 0 Å². The second-order valence-electron chi connectivity index (χ2n) is 5.09. The molecule has 0 saturated carbocycles. The molecule has 20 heavy (non-hydrogen) atoms. The SMILES string of the molecule is N=C(N)c1cccc(N2CCCc3ccccc3C2)n1. The highest BCUT2D eigenvalue weighted by Crippen LogP contribution is 2.22. The molecule has 0 spiro atoms. The van der Waals surface area contributed by atoms with Crippen LogP contribution < -0.4 is 10.6 Å². The Hall–Kier alpha value is -2.36. The van der Waals surface area contributed by atoms with Gasteiger partial charge in [-0.05, 0) is 36.1 Å². The highest BCUT2D eigenvalue weighted by Gasteiger charge is 2.15. The van der Waals surface area contributed by atoms with Crippen LogP contribution in [0.2, 0.25) is 0 Å². The van der Waals surface area contributed by atoms with Crippen molar-refractivity contribution in [2.75, 3.05) is 11.4 Å². The lowest BCUT2D eigenvalue weighted by atomic mass is 10.0. The molecule has 4 heteroatoms. The smallest absolute Gasteiger partial charge is 0.141 e. The van der Waals surface area contributed by atoms with Crippen molar-refractivity contribution in [3.05, 3.63) is 59.3 Å². The first-order chi connectivity index (χ1) is 9.74. The molecule has 102 valence electrons. The van der Waals surface area contributed by atoms with Crippen LogP contribution >= 0.6 is 0 Å². The number of nitrogens with two attached hydrogens (primary N) is 1. The van der Waals surface area contributed by atoms with E-state index in [1.807, 2.05) is 12.1 Å². The summed E-state index contributed by atoms with van der Waals surface area (Å²) in [4.78, 5) is 6.75. The van der Waals surface area contributed by atoms with Crippen molar-refractivity contribution in [1.29, 1.82) is 5.41 Å². The molecule has 0 amide bonds. The summed E-state index contributed by atoms with van der Waals surface area (Å²) in [5.41, 5.74) is 8.85. The van der Waals surface area contributed by atoms with Crippen molar-refractivity contribution >= 4 is 11.7 Å². The number of amidine groups is 1. The molecular formula is C16H18N4. The summed E-state index contributed by atoms with van der Waals surface area (Å²) in [6.45, 7) is 1.84. The van der Waals surface area contributed by atoms with Gasteiger partial charge < -0.3 is 10.6 Å². The maximum atomic E-state index is 7.50. The molecule has 4 nitrogen and oxygen atoms in total. The van der Waals surface area contributed by atoms with Crippen molar-refractivity contribution < 1.29 is 0 Å². The van der Waals surface area contributed by atoms with Gasteiger partial charge in [0.15, 0.2) is 0 Å². The fourth-order valence-electron chi connectivity index (χ4n) is 2.65. The van der Waals surface area contributed by atoms with Crippen LogP contribution in [0.1, 0.15) is 23.2 Å². The van der Waals surface area contributed by atoms with Crippen molar-refractivity contribution in [2.24, 2.45) is 5.73 Å². The summed E-state index contributed by atoms with van der Waals surface area (Å²) < 4.78 is 0. The number of aryl methyl sites for hydroxylation is 1. The van der Waals surface area contributed by atoms with E-state index in [1.54, 1.807) is 6.07 Å². The maximum absolute atomic E-state index is 7.50. The Morgan fingerprint density at radius 1 is 1.10 bits per heavy atom. The quantitative estimate of drug-likeness (QED) is 0.647. The van der Waals surface area contributed by atoms with E-state index in [4.69, 9.17) is 11.1 Å². The number of hydrogen-bond acceptors (Lipinski definition) is 3. The number of fused-ring (bicyclic) bond motifs is 1. The number of rotatable bonds is 2. The van der Waals surface area contributed by atoms with E-state index in [9.17, 15) is 0 Å². The van der Waals surface area contributed by atoms with E-state index >= 15 is 0 Å². The summed E-state index contributed by atoms with van der Waals surface area (Å²) in [5.74, 6) is 0.913. The van der Waals surface area contributed by atoms with Crippen LogP contribution in [0, 0.1) is 5.41 Å². The highest BCUT2D eigenvalue weighted by atomic mass is 15.2. The van der Waals surface area contributed by atoms with Gasteiger partial charge in [-0.15, -0.1) is 0 Å². The maximum Gasteiger partial charge on any atom is 0.141 e. The van der Waals surface area contributed by atoms with Crippen LogP contribution in [-0.2, 0) is 13.0 Å². The molecule has 3 N–H and O–H groups in total. The minimum atomic E-state index is 0.0158. The van der Waals surface area contributed by atoms with Crippen molar-refractivity contribution in [2.45, 2.75) is 19.4 Å². The van der Waals surface area contributed by atoms with E-state index in [0.29, 0.717) is 5.69 Å². The molecule has 0 saturated heterocycles. The zero-order valence-corrected chi connectivity index (χ0v) is 11.3. The average Bonchev–Trinajstić information content (AvgIpc) is 2.69. The van der Waals surface area contributed by atoms with Gasteiger partial charge in [-0.2, -0.15) is 0 Å². The zero-order chi connectivity index (χ0) is 13.9. The number of pyridine rings is 1. The van der Waals surface area contributed by atoms with Crippen LogP contribution in [-0.4, -0.2) is 17.4 Å². The fourth-order valence-corrected chi connectivity index (χ4v) is 2.65. The van der Waals surface area contributed by atoms with Gasteiger partial charge in [-0.1, -0.05) is 30.3 Å². The predicted octanol–water partition coefficient (Wildman–Crippen LogP) is 2.32. The number of nitrogens with one attached hydrogen (secondary N) is 1. The van der Waals surface area contributed by atoms with Crippen molar-refractivity contribution in [1.82, 2.24) is 4.98 Å². The molecule has 0 fully saturated rings. The Labute approximate surface area is 118 Å². The lowest BCUT2D eigenvalue weighted by Crippen LogP contribution is -2.24. The molecular weight excluding hydrogens is 248 g/mol. The molecule has 0 radical (unpaired) electrons. The van der Waals surface area contributed by atoms with Crippen LogP contribution in [0.5, 0.6) is 0 Å². The molecule has 2 aromatic rings. The molecule has 1 aliphatic rings. The summed E-state index contributed by atoms with van der Waals surface area (Å²) >= 11 is 0. The van der Waals surface area contributed by atoms with E-state index in [-0.39, 0.29) is 5.84 Å². The number of nitrogen functional groups attached to an aromatic ring is 1. The van der Waals surface area contributed by atoms with Gasteiger partial charge >= 0.3 is 0 Å². The Morgan fingerprint density at radius 2 is 1.90 bits per heavy atom. The predicted molar refractivity (Wildman–Crippen MR) is 81.1 cm³/mol. The van der Waals surface area contributed by atoms with Gasteiger partial charge in [0.05, 0.1) is 0 Å². The molecule has 0 bridgehead atoms. The number of aromatic nitrogens is 1. The van der Waals surface area contributed by atoms with Crippen LogP contribution in [0.25, 0.3) is 0 Å². The monoisotopic (exact) mass is 266 g/mol. The third-order valence-electron chi connectivity index (χ3n) is 3.69. The van der Waals surface area contributed by atoms with E-state index in [0.717, 1.165) is 31.7 Å². The lowest BCUT2D eigenvalue weighted by molar-refractivity contribution is 0.754. The summed E-state index contributed by atoms with van der Waals surface area (Å²) in [7, 11) is 0. The molecule has 0 aliphatic carbocycles. The lowest BCUT2D eigenvalue weighted by Gasteiger charge is -2.22. The van der Waals surface area contributed by atoms with Gasteiger partial charge in [0.25, 0.3) is 0 Å². The van der Waals surface area contributed by atoms with E-state index in [2.05, 4.69) is 34.1 Å². The summed E-state index contributed by atoms with van der Waals surface area (Å²) in [6, 6.07) is 14.2. The molecule has 0 atom stereocenters.